The van der Waals surface area contributed by atoms with Gasteiger partial charge in [0.25, 0.3) is 5.91 Å². The van der Waals surface area contributed by atoms with E-state index in [1.807, 2.05) is 0 Å². The van der Waals surface area contributed by atoms with Crippen LogP contribution in [0.15, 0.2) is 30.5 Å². The summed E-state index contributed by atoms with van der Waals surface area (Å²) in [6.45, 7) is 1.72. The minimum absolute atomic E-state index is 0.0632. The molecule has 0 aliphatic carbocycles. The number of halogens is 2. The summed E-state index contributed by atoms with van der Waals surface area (Å²) in [4.78, 5) is 15.8. The Kier molecular flexibility index (Phi) is 3.41. The Morgan fingerprint density at radius 1 is 1.32 bits per heavy atom. The van der Waals surface area contributed by atoms with Gasteiger partial charge in [-0.3, -0.25) is 9.78 Å². The molecule has 0 saturated carbocycles. The summed E-state index contributed by atoms with van der Waals surface area (Å²) >= 11 is 0. The topological polar surface area (TPSA) is 68.0 Å². The minimum atomic E-state index is -0.855. The number of amides is 1. The Morgan fingerprint density at radius 2 is 1.95 bits per heavy atom. The number of hydrogen-bond acceptors (Lipinski definition) is 3. The van der Waals surface area contributed by atoms with Crippen molar-refractivity contribution in [3.63, 3.8) is 0 Å². The van der Waals surface area contributed by atoms with Crippen molar-refractivity contribution in [2.24, 2.45) is 0 Å². The SMILES string of the molecule is Cc1cc(N)c(C(=O)Nc2c(F)cccc2F)cn1. The van der Waals surface area contributed by atoms with Crippen molar-refractivity contribution in [3.05, 3.63) is 53.4 Å². The zero-order valence-electron chi connectivity index (χ0n) is 10.1. The van der Waals surface area contributed by atoms with Crippen LogP contribution in [0, 0.1) is 18.6 Å². The molecule has 4 nitrogen and oxygen atoms in total. The largest absolute Gasteiger partial charge is 0.398 e. The van der Waals surface area contributed by atoms with E-state index in [4.69, 9.17) is 5.73 Å². The summed E-state index contributed by atoms with van der Waals surface area (Å²) in [6.07, 6.45) is 1.26. The Bertz CT molecular complexity index is 624. The first-order chi connectivity index (χ1) is 8.99. The van der Waals surface area contributed by atoms with Crippen LogP contribution in [-0.2, 0) is 0 Å². The van der Waals surface area contributed by atoms with Crippen LogP contribution in [0.2, 0.25) is 0 Å². The van der Waals surface area contributed by atoms with Crippen LogP contribution in [0.25, 0.3) is 0 Å². The first-order valence-corrected chi connectivity index (χ1v) is 5.46. The number of aryl methyl sites for hydroxylation is 1. The summed E-state index contributed by atoms with van der Waals surface area (Å²) in [5, 5.41) is 2.15. The van der Waals surface area contributed by atoms with Crippen molar-refractivity contribution in [3.8, 4) is 0 Å². The second-order valence-electron chi connectivity index (χ2n) is 3.96. The van der Waals surface area contributed by atoms with Gasteiger partial charge in [0.15, 0.2) is 0 Å². The maximum Gasteiger partial charge on any atom is 0.259 e. The van der Waals surface area contributed by atoms with Crippen molar-refractivity contribution < 1.29 is 13.6 Å². The van der Waals surface area contributed by atoms with Crippen LogP contribution in [-0.4, -0.2) is 10.9 Å². The molecule has 3 N–H and O–H groups in total. The van der Waals surface area contributed by atoms with Crippen LogP contribution >= 0.6 is 0 Å². The van der Waals surface area contributed by atoms with Gasteiger partial charge in [0.2, 0.25) is 0 Å². The van der Waals surface area contributed by atoms with Gasteiger partial charge >= 0.3 is 0 Å². The molecule has 1 heterocycles. The Labute approximate surface area is 108 Å². The van der Waals surface area contributed by atoms with Crippen LogP contribution in [0.4, 0.5) is 20.2 Å². The average Bonchev–Trinajstić information content (AvgIpc) is 2.33. The molecular weight excluding hydrogens is 252 g/mol. The lowest BCUT2D eigenvalue weighted by Crippen LogP contribution is -2.16. The maximum atomic E-state index is 13.4. The van der Waals surface area contributed by atoms with Crippen LogP contribution in [0.3, 0.4) is 0 Å². The molecule has 0 saturated heterocycles. The quantitative estimate of drug-likeness (QED) is 0.874. The molecule has 0 unspecified atom stereocenters. The monoisotopic (exact) mass is 263 g/mol. The third-order valence-electron chi connectivity index (χ3n) is 2.52. The fourth-order valence-corrected chi connectivity index (χ4v) is 1.57. The highest BCUT2D eigenvalue weighted by molar-refractivity contribution is 6.07. The van der Waals surface area contributed by atoms with E-state index in [-0.39, 0.29) is 11.3 Å². The predicted octanol–water partition coefficient (Wildman–Crippen LogP) is 2.50. The highest BCUT2D eigenvalue weighted by Gasteiger charge is 2.15. The number of anilines is 2. The molecule has 0 atom stereocenters. The molecule has 2 aromatic rings. The van der Waals surface area contributed by atoms with Gasteiger partial charge < -0.3 is 11.1 Å². The van der Waals surface area contributed by atoms with E-state index in [0.717, 1.165) is 12.1 Å². The van der Waals surface area contributed by atoms with Gasteiger partial charge in [-0.1, -0.05) is 6.07 Å². The summed E-state index contributed by atoms with van der Waals surface area (Å²) in [5.41, 5.74) is 6.06. The van der Waals surface area contributed by atoms with Crippen LogP contribution in [0.5, 0.6) is 0 Å². The molecule has 1 aromatic heterocycles. The molecule has 0 aliphatic heterocycles. The fourth-order valence-electron chi connectivity index (χ4n) is 1.57. The molecule has 1 amide bonds. The molecular formula is C13H11F2N3O. The van der Waals surface area contributed by atoms with Crippen molar-refractivity contribution in [2.45, 2.75) is 6.92 Å². The molecule has 0 radical (unpaired) electrons. The smallest absolute Gasteiger partial charge is 0.259 e. The second kappa shape index (κ2) is 5.01. The standard InChI is InChI=1S/C13H11F2N3O/c1-7-5-11(16)8(6-17-7)13(19)18-12-9(14)3-2-4-10(12)15/h2-6H,1H3,(H2,16,17)(H,18,19). The number of carbonyl (C=O) groups excluding carboxylic acids is 1. The lowest BCUT2D eigenvalue weighted by atomic mass is 10.2. The van der Waals surface area contributed by atoms with Crippen LogP contribution < -0.4 is 11.1 Å². The van der Waals surface area contributed by atoms with Gasteiger partial charge in [0, 0.05) is 17.6 Å². The number of pyridine rings is 1. The molecule has 98 valence electrons. The number of benzene rings is 1. The molecule has 2 rings (SSSR count). The first-order valence-electron chi connectivity index (χ1n) is 5.46. The Balaban J connectivity index is 2.31. The molecule has 0 aliphatic rings. The lowest BCUT2D eigenvalue weighted by molar-refractivity contribution is 0.102. The number of nitrogen functional groups attached to an aromatic ring is 1. The van der Waals surface area contributed by atoms with Gasteiger partial charge in [-0.2, -0.15) is 0 Å². The lowest BCUT2D eigenvalue weighted by Gasteiger charge is -2.09. The van der Waals surface area contributed by atoms with E-state index in [1.54, 1.807) is 6.92 Å². The number of aromatic nitrogens is 1. The number of rotatable bonds is 2. The Morgan fingerprint density at radius 3 is 2.53 bits per heavy atom. The van der Waals surface area contributed by atoms with Gasteiger partial charge in [-0.25, -0.2) is 8.78 Å². The van der Waals surface area contributed by atoms with Gasteiger partial charge in [-0.05, 0) is 25.1 Å². The number of nitrogens with one attached hydrogen (secondary N) is 1. The highest BCUT2D eigenvalue weighted by Crippen LogP contribution is 2.20. The molecule has 0 spiro atoms. The van der Waals surface area contributed by atoms with Crippen molar-refractivity contribution in [1.29, 1.82) is 0 Å². The van der Waals surface area contributed by atoms with Crippen molar-refractivity contribution in [2.75, 3.05) is 11.1 Å². The van der Waals surface area contributed by atoms with Crippen LogP contribution in [0.1, 0.15) is 16.1 Å². The third kappa shape index (κ3) is 2.67. The third-order valence-corrected chi connectivity index (χ3v) is 2.52. The van der Waals surface area contributed by atoms with Crippen molar-refractivity contribution >= 4 is 17.3 Å². The number of carbonyl (C=O) groups is 1. The van der Waals surface area contributed by atoms with Gasteiger partial charge in [-0.15, -0.1) is 0 Å². The highest BCUT2D eigenvalue weighted by atomic mass is 19.1. The average molecular weight is 263 g/mol. The molecule has 1 aromatic carbocycles. The molecule has 6 heteroatoms. The van der Waals surface area contributed by atoms with E-state index >= 15 is 0 Å². The predicted molar refractivity (Wildman–Crippen MR) is 67.7 cm³/mol. The number of hydrogen-bond donors (Lipinski definition) is 2. The first kappa shape index (κ1) is 12.9. The van der Waals surface area contributed by atoms with Gasteiger partial charge in [0.1, 0.15) is 17.3 Å². The van der Waals surface area contributed by atoms with E-state index < -0.39 is 23.2 Å². The summed E-state index contributed by atoms with van der Waals surface area (Å²) in [5.74, 6) is -2.42. The Hall–Kier alpha value is -2.50. The maximum absolute atomic E-state index is 13.4. The summed E-state index contributed by atoms with van der Waals surface area (Å²) < 4.78 is 26.8. The summed E-state index contributed by atoms with van der Waals surface area (Å²) in [7, 11) is 0. The number of nitrogens with zero attached hydrogens (tertiary/aromatic N) is 1. The number of nitrogens with two attached hydrogens (primary N) is 1. The van der Waals surface area contributed by atoms with E-state index in [2.05, 4.69) is 10.3 Å². The fraction of sp³-hybridized carbons (Fsp3) is 0.0769. The minimum Gasteiger partial charge on any atom is -0.398 e. The van der Waals surface area contributed by atoms with Crippen molar-refractivity contribution in [1.82, 2.24) is 4.98 Å². The second-order valence-corrected chi connectivity index (χ2v) is 3.96. The summed E-state index contributed by atoms with van der Waals surface area (Å²) in [6, 6.07) is 4.82. The zero-order valence-corrected chi connectivity index (χ0v) is 10.1. The number of para-hydroxylation sites is 1. The van der Waals surface area contributed by atoms with E-state index in [9.17, 15) is 13.6 Å². The molecule has 0 bridgehead atoms. The normalized spacial score (nSPS) is 10.3. The zero-order chi connectivity index (χ0) is 14.0. The van der Waals surface area contributed by atoms with E-state index in [0.29, 0.717) is 5.69 Å². The van der Waals surface area contributed by atoms with E-state index in [1.165, 1.54) is 18.3 Å². The molecule has 19 heavy (non-hydrogen) atoms. The van der Waals surface area contributed by atoms with Gasteiger partial charge in [0.05, 0.1) is 5.56 Å². The molecule has 0 fully saturated rings.